The first-order chi connectivity index (χ1) is 69.7. The fourth-order valence-corrected chi connectivity index (χ4v) is 27.5. The van der Waals surface area contributed by atoms with E-state index in [4.69, 9.17) is 51.6 Å². The van der Waals surface area contributed by atoms with E-state index < -0.39 is 131 Å². The van der Waals surface area contributed by atoms with E-state index in [0.29, 0.717) is 92.3 Å². The predicted octanol–water partition coefficient (Wildman–Crippen LogP) is 12.3. The summed E-state index contributed by atoms with van der Waals surface area (Å²) in [6.07, 6.45) is 34.0. The Morgan fingerprint density at radius 3 is 0.885 bits per heavy atom. The van der Waals surface area contributed by atoms with Gasteiger partial charge in [0.1, 0.15) is 40.6 Å². The van der Waals surface area contributed by atoms with Crippen molar-refractivity contribution in [3.05, 3.63) is 157 Å². The van der Waals surface area contributed by atoms with Crippen molar-refractivity contribution in [1.29, 1.82) is 0 Å². The van der Waals surface area contributed by atoms with Crippen LogP contribution >= 0.6 is 13.5 Å². The van der Waals surface area contributed by atoms with Crippen LogP contribution in [-0.4, -0.2) is 344 Å². The molecule has 0 bridgehead atoms. The Hall–Kier alpha value is -8.93. The second kappa shape index (κ2) is 58.8. The van der Waals surface area contributed by atoms with Crippen molar-refractivity contribution in [2.45, 2.75) is 323 Å². The number of nitrogens with zero attached hydrogens (tertiary/aromatic N) is 14. The number of benzene rings is 2. The van der Waals surface area contributed by atoms with Crippen molar-refractivity contribution < 1.29 is 118 Å². The van der Waals surface area contributed by atoms with Gasteiger partial charge in [-0.15, -0.1) is 0 Å². The highest BCUT2D eigenvalue weighted by Crippen LogP contribution is 2.41. The normalized spacial score (nSPS) is 25.4. The van der Waals surface area contributed by atoms with Gasteiger partial charge in [-0.1, -0.05) is 45.0 Å². The first-order valence-electron chi connectivity index (χ1n) is 50.3. The molecule has 14 rings (SSSR count). The molecule has 2 aromatic carbocycles. The number of ether oxygens (including phenoxy) is 9. The predicted molar refractivity (Wildman–Crippen MR) is 565 cm³/mol. The Morgan fingerprint density at radius 2 is 0.635 bits per heavy atom. The van der Waals surface area contributed by atoms with Crippen LogP contribution in [0.2, 0.25) is 18.1 Å². The van der Waals surface area contributed by atoms with Gasteiger partial charge in [-0.3, -0.25) is 28.9 Å². The van der Waals surface area contributed by atoms with Crippen LogP contribution in [0.25, 0.3) is 0 Å². The third kappa shape index (κ3) is 37.8. The molecule has 8 fully saturated rings. The molecule has 8 heterocycles. The number of amides is 4. The fourth-order valence-electron chi connectivity index (χ4n) is 21.0. The second-order valence-corrected chi connectivity index (χ2v) is 52.7. The molecule has 4 saturated heterocycles. The molecule has 4 aromatic heterocycles. The van der Waals surface area contributed by atoms with Gasteiger partial charge in [0, 0.05) is 148 Å². The van der Waals surface area contributed by atoms with E-state index in [-0.39, 0.29) is 88.9 Å². The summed E-state index contributed by atoms with van der Waals surface area (Å²) in [6, 6.07) is 20.9. The Morgan fingerprint density at radius 1 is 0.385 bits per heavy atom. The lowest BCUT2D eigenvalue weighted by atomic mass is 9.87. The van der Waals surface area contributed by atoms with Gasteiger partial charge in [-0.25, -0.2) is 102 Å². The summed E-state index contributed by atoms with van der Waals surface area (Å²) < 4.78 is 189. The van der Waals surface area contributed by atoms with E-state index in [1.165, 1.54) is 49.6 Å². The largest absolute Gasteiger partial charge is 0.497 e. The zero-order valence-electron chi connectivity index (χ0n) is 88.5. The summed E-state index contributed by atoms with van der Waals surface area (Å²) in [7, 11) is -11.0. The maximum Gasteiger partial charge on any atom is 0.410 e. The van der Waals surface area contributed by atoms with Crippen LogP contribution in [0.15, 0.2) is 122 Å². The molecule has 3 N–H and O–H groups in total. The number of methoxy groups -OCH3 is 6. The maximum atomic E-state index is 13.0. The standard InChI is InChI=1S/C27H38N4O6S.C23H40N2O6SSi.2C19H30N4O5S.C10H12N2O.CH4O3S.H2S/c1-19-16-24(30(38(4,33)34)17-20-6-10-22(35-2)11-7-20)25(31(19)27(32)36-3)18-37-23-12-8-21(9-13-23)26-28-14-5-15-29-26;1-8-33(9-2,10-3)31-17-22-21(15-18(4)25(22)23(26)30-6)24(32(7,27)28)16-19-11-13-20(29-5)14-12-19;2*1-13-11-16(22-29(3,25)26)17(23(13)19(24)27-2)12-28-15-7-5-14(6-8-15)18-20-9-4-10-21-18;13-9-4-2-8(3-5-9)10-11-6-1-7-12-10;1-5(2,3)4;/h5-7,10-11,14-15,19,21,23-25H,8-9,12-13,16-18H2,1-4H3;11-14,18,21-22H,8-10,15-17H2,1-7H3;2*4,9-10,13-17,22H,5-8,11-12H2,1-3H3;1,6-8H,2-5H2;1H3,(H,2,3,4);1H2/t19-,21?,23?,24+,25+;18-,21+,22+;2*13-,14?,15?,16+,17+;;;/m1111.../s1. The van der Waals surface area contributed by atoms with Crippen molar-refractivity contribution in [1.82, 2.24) is 77.5 Å². The molecule has 0 radical (unpaired) electrons. The molecule has 49 heteroatoms. The minimum atomic E-state index is -3.67. The fraction of sp³-hybridized carbons (Fsp3) is 0.667. The average molecular weight is 2210 g/mol. The number of carbonyl (C=O) groups is 5. The number of likely N-dealkylation sites (tertiary alicyclic amines) is 4. The molecule has 8 aliphatic rings. The number of rotatable bonds is 33. The summed E-state index contributed by atoms with van der Waals surface area (Å²) >= 11 is 0. The van der Waals surface area contributed by atoms with Gasteiger partial charge in [-0.05, 0) is 221 Å². The topological polar surface area (TPSA) is 515 Å². The third-order valence-electron chi connectivity index (χ3n) is 28.7. The van der Waals surface area contributed by atoms with E-state index in [9.17, 15) is 66.1 Å². The number of sulfonamides is 4. The molecular weight excluding hydrogens is 2050 g/mol. The molecule has 12 atom stereocenters. The highest BCUT2D eigenvalue weighted by Gasteiger charge is 2.52. The van der Waals surface area contributed by atoms with Gasteiger partial charge in [0.05, 0.1) is 143 Å². The molecule has 0 spiro atoms. The van der Waals surface area contributed by atoms with E-state index in [1.807, 2.05) is 100 Å². The minimum absolute atomic E-state index is 0. The molecule has 6 aromatic rings. The van der Waals surface area contributed by atoms with Crippen molar-refractivity contribution in [3.63, 3.8) is 0 Å². The molecule has 42 nitrogen and oxygen atoms in total. The molecule has 148 heavy (non-hydrogen) atoms. The SMILES string of the molecule is CC[Si](CC)(CC)OC[C@H]1[C@@H](N(Cc2ccc(OC)cc2)S(C)(=O)=O)C[C@@H](C)N1C(=O)OC.COC(=O)N1[C@H](C)C[C@H](N(Cc2ccc(OC)cc2)S(C)(=O)=O)[C@@H]1COC1CCC(c2ncccn2)CC1.COC(=O)N1[C@H](C)C[C@H](NS(C)(=O)=O)[C@@H]1COC1CCC(c2ncccn2)CC1.COC(=O)N1[C@H](C)C[C@H](NS(C)(=O)=O)[C@@H]1COC1CCC(c2ncccn2)CC1.CS(=O)(=O)O.O=C1CCC(c2ncccn2)CC1.S. The summed E-state index contributed by atoms with van der Waals surface area (Å²) in [6.45, 7) is 15.6. The number of hydrogen-bond acceptors (Lipinski definition) is 33. The highest BCUT2D eigenvalue weighted by atomic mass is 32.2. The van der Waals surface area contributed by atoms with Gasteiger partial charge in [0.25, 0.3) is 10.1 Å². The van der Waals surface area contributed by atoms with Crippen LogP contribution in [0.3, 0.4) is 0 Å². The van der Waals surface area contributed by atoms with Crippen LogP contribution in [-0.2, 0) is 106 Å². The Kier molecular flexibility index (Phi) is 49.3. The lowest BCUT2D eigenvalue weighted by Crippen LogP contribution is -2.53. The number of ketones is 1. The van der Waals surface area contributed by atoms with Gasteiger partial charge in [-0.2, -0.15) is 30.5 Å². The molecular formula is C99H156N16O26S6Si. The minimum Gasteiger partial charge on any atom is -0.497 e. The molecule has 828 valence electrons. The maximum absolute atomic E-state index is 13.0. The van der Waals surface area contributed by atoms with E-state index in [1.54, 1.807) is 83.4 Å². The number of nitrogens with one attached hydrogen (secondary N) is 2. The number of carbonyl (C=O) groups excluding carboxylic acids is 5. The number of hydrogen-bond donors (Lipinski definition) is 3. The van der Waals surface area contributed by atoms with Crippen molar-refractivity contribution in [3.8, 4) is 11.5 Å². The smallest absolute Gasteiger partial charge is 0.410 e. The Balaban J connectivity index is 0.000000228. The van der Waals surface area contributed by atoms with Crippen LogP contribution < -0.4 is 18.9 Å². The summed E-state index contributed by atoms with van der Waals surface area (Å²) in [5.41, 5.74) is 1.69. The van der Waals surface area contributed by atoms with Gasteiger partial charge < -0.3 is 47.1 Å². The Labute approximate surface area is 882 Å². The third-order valence-corrected chi connectivity index (χ3v) is 37.3. The van der Waals surface area contributed by atoms with Gasteiger partial charge >= 0.3 is 24.4 Å². The van der Waals surface area contributed by atoms with Crippen molar-refractivity contribution in [2.75, 3.05) is 100 Å². The highest BCUT2D eigenvalue weighted by molar-refractivity contribution is 7.89. The van der Waals surface area contributed by atoms with E-state index >= 15 is 0 Å². The van der Waals surface area contributed by atoms with Gasteiger partial charge in [0.15, 0.2) is 8.32 Å². The average Bonchev–Trinajstić information content (AvgIpc) is 1.66. The van der Waals surface area contributed by atoms with Crippen LogP contribution in [0.1, 0.15) is 235 Å². The first-order valence-corrected chi connectivity index (χ1v) is 62.1. The lowest BCUT2D eigenvalue weighted by molar-refractivity contribution is -0.120. The molecule has 4 aliphatic carbocycles. The van der Waals surface area contributed by atoms with Gasteiger partial charge in [0.2, 0.25) is 40.1 Å². The zero-order valence-corrected chi connectivity index (χ0v) is 94.6. The zero-order chi connectivity index (χ0) is 108. The summed E-state index contributed by atoms with van der Waals surface area (Å²) in [5.74, 6) is 6.72. The summed E-state index contributed by atoms with van der Waals surface area (Å²) in [5, 5.41) is 0. The van der Waals surface area contributed by atoms with Crippen LogP contribution in [0.5, 0.6) is 11.5 Å². The summed E-state index contributed by atoms with van der Waals surface area (Å²) in [4.78, 5) is 102. The quantitative estimate of drug-likeness (QED) is 0.0196. The second-order valence-electron chi connectivity index (χ2n) is 39.0. The van der Waals surface area contributed by atoms with Crippen LogP contribution in [0.4, 0.5) is 19.2 Å². The molecule has 4 amide bonds. The number of Topliss-reactive ketones (excluding diaryl/α,β-unsaturated/α-hetero) is 1. The molecule has 4 aliphatic heterocycles. The van der Waals surface area contributed by atoms with E-state index in [0.717, 1.165) is 155 Å². The van der Waals surface area contributed by atoms with Crippen molar-refractivity contribution in [2.24, 2.45) is 0 Å². The van der Waals surface area contributed by atoms with E-state index in [2.05, 4.69) is 70.1 Å². The van der Waals surface area contributed by atoms with Crippen LogP contribution in [0, 0.1) is 0 Å². The van der Waals surface area contributed by atoms with Crippen molar-refractivity contribution >= 4 is 102 Å². The molecule has 4 saturated carbocycles. The Bertz CT molecular complexity index is 5510. The first kappa shape index (κ1) is 124. The monoisotopic (exact) mass is 2200 g/mol. The number of aromatic nitrogens is 8. The lowest BCUT2D eigenvalue weighted by Gasteiger charge is -2.37. The molecule has 0 unspecified atom stereocenters.